The molecule has 0 aromatic heterocycles. The molecule has 24 atom stereocenters. The molecule has 1 aromatic rings. The average Bonchev–Trinajstić information content (AvgIpc) is 1.15. The molecule has 4 fully saturated rings. The lowest BCUT2D eigenvalue weighted by Gasteiger charge is -2.49. The van der Waals surface area contributed by atoms with E-state index in [4.69, 9.17) is 47.4 Å². The fourth-order valence-electron chi connectivity index (χ4n) is 10.6. The highest BCUT2D eigenvalue weighted by molar-refractivity contribution is 5.94. The van der Waals surface area contributed by atoms with Gasteiger partial charge >= 0.3 is 0 Å². The molecule has 89 heavy (non-hydrogen) atoms. The second-order valence-corrected chi connectivity index (χ2v) is 22.1. The number of ether oxygens (including phenoxy) is 10. The van der Waals surface area contributed by atoms with Crippen LogP contribution in [0.1, 0.15) is 96.8 Å². The lowest BCUT2D eigenvalue weighted by molar-refractivity contribution is -0.351. The Balaban J connectivity index is 1.35. The van der Waals surface area contributed by atoms with Crippen LogP contribution < -0.4 is 31.3 Å². The van der Waals surface area contributed by atoms with E-state index in [1.165, 1.54) is 25.5 Å². The molecular formula is C57H91N5O27. The normalized spacial score (nSPS) is 33.5. The van der Waals surface area contributed by atoms with Gasteiger partial charge in [0.1, 0.15) is 115 Å². The van der Waals surface area contributed by atoms with Gasteiger partial charge in [0.15, 0.2) is 31.5 Å². The monoisotopic (exact) mass is 1280 g/mol. The number of unbranched alkanes of at least 4 members (excludes halogenated alkanes) is 5. The summed E-state index contributed by atoms with van der Waals surface area (Å²) < 4.78 is 59.9. The summed E-state index contributed by atoms with van der Waals surface area (Å²) in [6.07, 6.45) is -27.1. The number of amides is 5. The number of hydrogen-bond acceptors (Lipinski definition) is 27. The van der Waals surface area contributed by atoms with E-state index in [0.717, 1.165) is 53.4 Å². The van der Waals surface area contributed by atoms with Crippen LogP contribution >= 0.6 is 0 Å². The first-order valence-corrected chi connectivity index (χ1v) is 29.7. The lowest BCUT2D eigenvalue weighted by atomic mass is 9.94. The van der Waals surface area contributed by atoms with Gasteiger partial charge in [-0.1, -0.05) is 32.3 Å². The van der Waals surface area contributed by atoms with E-state index in [0.29, 0.717) is 25.2 Å². The lowest BCUT2D eigenvalue weighted by Crippen LogP contribution is -2.70. The summed E-state index contributed by atoms with van der Waals surface area (Å²) in [5, 5.41) is 144. The summed E-state index contributed by atoms with van der Waals surface area (Å²) in [6.45, 7) is 2.33. The molecule has 1 aromatic carbocycles. The second kappa shape index (κ2) is 37.0. The molecule has 0 spiro atoms. The maximum Gasteiger partial charge on any atom is 0.251 e. The molecule has 0 radical (unpaired) electrons. The molecule has 17 N–H and O–H groups in total. The van der Waals surface area contributed by atoms with Crippen molar-refractivity contribution < 1.29 is 133 Å². The highest BCUT2D eigenvalue weighted by Gasteiger charge is 2.55. The molecule has 4 heterocycles. The maximum absolute atomic E-state index is 13.9. The van der Waals surface area contributed by atoms with Crippen LogP contribution in [0.25, 0.3) is 0 Å². The molecule has 32 nitrogen and oxygen atoms in total. The number of benzene rings is 1. The Kier molecular flexibility index (Phi) is 31.1. The smallest absolute Gasteiger partial charge is 0.251 e. The van der Waals surface area contributed by atoms with E-state index in [2.05, 4.69) is 45.3 Å². The van der Waals surface area contributed by atoms with E-state index < -0.39 is 216 Å². The number of rotatable bonds is 32. The topological polar surface area (TPSA) is 481 Å². The first-order valence-electron chi connectivity index (χ1n) is 29.7. The Bertz CT molecular complexity index is 2430. The summed E-state index contributed by atoms with van der Waals surface area (Å²) in [7, 11) is 0. The highest BCUT2D eigenvalue weighted by atomic mass is 16.8. The number of carbonyl (C=O) groups excluding carboxylic acids is 5. The van der Waals surface area contributed by atoms with Gasteiger partial charge in [0.25, 0.3) is 5.91 Å². The molecular weight excluding hydrogens is 1190 g/mol. The molecule has 12 unspecified atom stereocenters. The van der Waals surface area contributed by atoms with Crippen molar-refractivity contribution in [3.63, 3.8) is 0 Å². The van der Waals surface area contributed by atoms with E-state index in [-0.39, 0.29) is 5.56 Å². The fourth-order valence-corrected chi connectivity index (χ4v) is 10.6. The van der Waals surface area contributed by atoms with Gasteiger partial charge in [-0.3, -0.25) is 24.0 Å². The number of aliphatic hydroxyl groups excluding tert-OH is 12. The van der Waals surface area contributed by atoms with Crippen LogP contribution in [0, 0.1) is 11.8 Å². The minimum atomic E-state index is -1.98. The number of hydrogen-bond donors (Lipinski definition) is 17. The minimum absolute atomic E-state index is 0.0458. The third-order valence-corrected chi connectivity index (χ3v) is 15.1. The Morgan fingerprint density at radius 2 is 1.06 bits per heavy atom. The number of nitrogens with one attached hydrogen (secondary N) is 5. The van der Waals surface area contributed by atoms with E-state index in [9.17, 15) is 85.3 Å². The molecule has 0 saturated carbocycles. The Labute approximate surface area is 514 Å². The van der Waals surface area contributed by atoms with Crippen LogP contribution in [0.15, 0.2) is 24.3 Å². The Morgan fingerprint density at radius 1 is 0.551 bits per heavy atom. The van der Waals surface area contributed by atoms with Crippen LogP contribution in [0.2, 0.25) is 0 Å². The van der Waals surface area contributed by atoms with Crippen LogP contribution in [-0.2, 0) is 61.8 Å². The minimum Gasteiger partial charge on any atom is -0.494 e. The largest absolute Gasteiger partial charge is 0.494 e. The van der Waals surface area contributed by atoms with Crippen LogP contribution in [0.3, 0.4) is 0 Å². The van der Waals surface area contributed by atoms with Crippen molar-refractivity contribution in [3.05, 3.63) is 29.8 Å². The SMILES string of the molecule is CCCCCCC#CCCCOc1cccc(C(=O)N[C@H]2C(O[C@H]3C(O)C(NC(C)=O)[C@H](OC(CO)C(CO)O[C@@H](O[C@H]4C(O)C(NC(C)=O)C(OC5C(CO)OC(O)[C@@H](NC(C)=O)[C@H]5O)O[C@H]4CO)[C@H](C)NC(C)=O)O[C@H]3CO)OC(CO)[C@@H](O)[C@@H]2O)c1. The second-order valence-electron chi connectivity index (χ2n) is 22.1. The summed E-state index contributed by atoms with van der Waals surface area (Å²) in [6, 6.07) is -1.73. The summed E-state index contributed by atoms with van der Waals surface area (Å²) >= 11 is 0. The van der Waals surface area contributed by atoms with Gasteiger partial charge in [-0.25, -0.2) is 0 Å². The molecule has 4 saturated heterocycles. The molecule has 32 heteroatoms. The first kappa shape index (κ1) is 74.8. The van der Waals surface area contributed by atoms with E-state index in [1.54, 1.807) is 12.1 Å². The zero-order valence-electron chi connectivity index (χ0n) is 50.6. The third kappa shape index (κ3) is 21.1. The molecule has 4 aliphatic rings. The van der Waals surface area contributed by atoms with Crippen LogP contribution in [-0.4, -0.2) is 284 Å². The molecule has 4 aliphatic heterocycles. The Morgan fingerprint density at radius 3 is 1.62 bits per heavy atom. The molecule has 0 bridgehead atoms. The summed E-state index contributed by atoms with van der Waals surface area (Å²) in [4.78, 5) is 63.8. The van der Waals surface area contributed by atoms with Crippen LogP contribution in [0.4, 0.5) is 0 Å². The van der Waals surface area contributed by atoms with Gasteiger partial charge in [0.05, 0.1) is 52.3 Å². The van der Waals surface area contributed by atoms with Gasteiger partial charge in [0.2, 0.25) is 23.6 Å². The summed E-state index contributed by atoms with van der Waals surface area (Å²) in [5.74, 6) is 2.90. The fraction of sp³-hybridized carbons (Fsp3) is 0.772. The van der Waals surface area contributed by atoms with E-state index in [1.807, 2.05) is 0 Å². The van der Waals surface area contributed by atoms with Gasteiger partial charge in [-0.2, -0.15) is 0 Å². The van der Waals surface area contributed by atoms with Crippen molar-refractivity contribution in [3.8, 4) is 17.6 Å². The van der Waals surface area contributed by atoms with Crippen molar-refractivity contribution in [2.75, 3.05) is 46.2 Å². The van der Waals surface area contributed by atoms with Crippen molar-refractivity contribution >= 4 is 29.5 Å². The van der Waals surface area contributed by atoms with E-state index >= 15 is 0 Å². The molecule has 0 aliphatic carbocycles. The Hall–Kier alpha value is -4.91. The quantitative estimate of drug-likeness (QED) is 0.0181. The van der Waals surface area contributed by atoms with Crippen molar-refractivity contribution in [1.82, 2.24) is 26.6 Å². The standard InChI is InChI=1S/C57H91N5O27/c1-7-8-9-10-11-12-13-14-15-19-80-33-18-16-17-32(20-33)52(78)62-41-45(74)44(73)36(23-65)84-56(41)89-51-39(26-68)85-55(42(47(51)76)60-30(5)71)83-35(22-64)34(21-63)82-54(27(2)58-28(3)69)87-50-38(25-67)86-57(43(48(50)77)61-31(6)72)88-49-37(24-66)81-53(79)40(46(49)75)59-29(4)70/h16-18,20,27,34-51,53-57,63-68,73-77,79H,7-11,14-15,19,21-26H2,1-6H3,(H,58,69)(H,59,70)(H,60,71)(H,61,72)(H,62,78)/t27-,34?,35?,36?,37?,38-,39-,40-,41+,42?,43?,44+,45+,46+,47?,48?,49?,50+,51+,53?,54-,55+,56?,57?/m0/s1. The van der Waals surface area contributed by atoms with Gasteiger partial charge in [-0.15, -0.1) is 11.8 Å². The van der Waals surface area contributed by atoms with Crippen molar-refractivity contribution in [1.29, 1.82) is 0 Å². The van der Waals surface area contributed by atoms with Crippen molar-refractivity contribution in [2.24, 2.45) is 0 Å². The zero-order chi connectivity index (χ0) is 65.6. The van der Waals surface area contributed by atoms with Crippen LogP contribution in [0.5, 0.6) is 5.75 Å². The first-order chi connectivity index (χ1) is 42.4. The highest BCUT2D eigenvalue weighted by Crippen LogP contribution is 2.34. The van der Waals surface area contributed by atoms with Gasteiger partial charge in [0, 0.05) is 46.1 Å². The molecule has 506 valence electrons. The average molecular weight is 1280 g/mol. The molecule has 5 amide bonds. The predicted molar refractivity (Wildman–Crippen MR) is 303 cm³/mol. The maximum atomic E-state index is 13.9. The third-order valence-electron chi connectivity index (χ3n) is 15.1. The summed E-state index contributed by atoms with van der Waals surface area (Å²) in [5.41, 5.74) is 0.0458. The zero-order valence-corrected chi connectivity index (χ0v) is 50.6. The number of carbonyl (C=O) groups is 5. The van der Waals surface area contributed by atoms with Crippen molar-refractivity contribution in [2.45, 2.75) is 234 Å². The predicted octanol–water partition coefficient (Wildman–Crippen LogP) is -6.14. The number of aliphatic hydroxyl groups is 12. The van der Waals surface area contributed by atoms with Gasteiger partial charge < -0.3 is 135 Å². The van der Waals surface area contributed by atoms with Gasteiger partial charge in [-0.05, 0) is 38.0 Å². The molecule has 5 rings (SSSR count).